The number of carbonyl (C=O) groups excluding carboxylic acids is 2. The molecule has 0 spiro atoms. The van der Waals surface area contributed by atoms with Crippen LogP contribution in [-0.4, -0.2) is 70.0 Å². The minimum absolute atomic E-state index is 0.0453. The van der Waals surface area contributed by atoms with Crippen LogP contribution in [0.1, 0.15) is 67.6 Å². The third-order valence-electron chi connectivity index (χ3n) is 8.01. The van der Waals surface area contributed by atoms with Crippen LogP contribution < -0.4 is 10.1 Å². The van der Waals surface area contributed by atoms with Crippen LogP contribution in [0.5, 0.6) is 11.5 Å². The second-order valence-electron chi connectivity index (χ2n) is 11.4. The topological polar surface area (TPSA) is 87.7 Å². The number of ether oxygens (including phenoxy) is 1. The van der Waals surface area contributed by atoms with Crippen molar-refractivity contribution in [3.05, 3.63) is 71.2 Å². The van der Waals surface area contributed by atoms with E-state index in [0.717, 1.165) is 17.3 Å². The van der Waals surface area contributed by atoms with Gasteiger partial charge in [-0.05, 0) is 73.8 Å². The molecule has 228 valence electrons. The third-order valence-corrected chi connectivity index (χ3v) is 8.01. The normalized spacial score (nSPS) is 18.7. The van der Waals surface area contributed by atoms with Gasteiger partial charge in [-0.25, -0.2) is 13.2 Å². The summed E-state index contributed by atoms with van der Waals surface area (Å²) in [6.45, 7) is 6.91. The quantitative estimate of drug-likeness (QED) is 0.338. The highest BCUT2D eigenvalue weighted by Crippen LogP contribution is 2.33. The molecule has 1 aromatic heterocycles. The molecule has 0 aliphatic carbocycles. The summed E-state index contributed by atoms with van der Waals surface area (Å²) in [6, 6.07) is 11.8. The van der Waals surface area contributed by atoms with Gasteiger partial charge in [0.25, 0.3) is 11.8 Å². The van der Waals surface area contributed by atoms with Crippen LogP contribution in [0.3, 0.4) is 0 Å². The van der Waals surface area contributed by atoms with Crippen molar-refractivity contribution in [1.29, 1.82) is 0 Å². The van der Waals surface area contributed by atoms with E-state index in [0.29, 0.717) is 49.5 Å². The van der Waals surface area contributed by atoms with Crippen molar-refractivity contribution in [1.82, 2.24) is 25.3 Å². The average Bonchev–Trinajstić information content (AvgIpc) is 3.39. The Morgan fingerprint density at radius 2 is 1.88 bits per heavy atom. The fourth-order valence-corrected chi connectivity index (χ4v) is 5.38. The van der Waals surface area contributed by atoms with Crippen molar-refractivity contribution in [2.24, 2.45) is 0 Å². The number of carbonyl (C=O) groups is 2. The summed E-state index contributed by atoms with van der Waals surface area (Å²) >= 11 is 0. The van der Waals surface area contributed by atoms with Gasteiger partial charge in [-0.3, -0.25) is 14.5 Å². The SMILES string of the molecule is CCN1CC[C@@H](NC(=O)c2cc(Oc3ccc(-c4ccc(C(C)C)nn4)cc3)c(CN3CCCC3=O)cc2F)C(F)(F)C1. The van der Waals surface area contributed by atoms with Crippen molar-refractivity contribution >= 4 is 11.8 Å². The minimum atomic E-state index is -3.16. The molecule has 1 atom stereocenters. The summed E-state index contributed by atoms with van der Waals surface area (Å²) < 4.78 is 51.0. The van der Waals surface area contributed by atoms with Gasteiger partial charge in [0.1, 0.15) is 17.3 Å². The first kappa shape index (κ1) is 30.5. The predicted molar refractivity (Wildman–Crippen MR) is 156 cm³/mol. The van der Waals surface area contributed by atoms with Crippen molar-refractivity contribution < 1.29 is 27.5 Å². The number of benzene rings is 2. The van der Waals surface area contributed by atoms with E-state index >= 15 is 4.39 Å². The van der Waals surface area contributed by atoms with Gasteiger partial charge < -0.3 is 15.0 Å². The number of piperidine rings is 1. The summed E-state index contributed by atoms with van der Waals surface area (Å²) in [7, 11) is 0. The molecule has 2 amide bonds. The Balaban J connectivity index is 1.39. The fourth-order valence-electron chi connectivity index (χ4n) is 5.38. The highest BCUT2D eigenvalue weighted by Gasteiger charge is 2.45. The third kappa shape index (κ3) is 6.98. The molecule has 43 heavy (non-hydrogen) atoms. The monoisotopic (exact) mass is 595 g/mol. The second kappa shape index (κ2) is 12.7. The summed E-state index contributed by atoms with van der Waals surface area (Å²) in [5.74, 6) is -4.21. The van der Waals surface area contributed by atoms with Gasteiger partial charge >= 0.3 is 0 Å². The maximum atomic E-state index is 15.3. The van der Waals surface area contributed by atoms with E-state index in [1.54, 1.807) is 41.0 Å². The maximum absolute atomic E-state index is 15.3. The molecule has 1 N–H and O–H groups in total. The molecule has 2 aliphatic rings. The van der Waals surface area contributed by atoms with Gasteiger partial charge in [0.2, 0.25) is 5.91 Å². The molecule has 3 aromatic rings. The lowest BCUT2D eigenvalue weighted by Gasteiger charge is -2.38. The van der Waals surface area contributed by atoms with Crippen molar-refractivity contribution in [2.45, 2.75) is 64.5 Å². The number of nitrogens with one attached hydrogen (secondary N) is 1. The molecule has 3 heterocycles. The van der Waals surface area contributed by atoms with Crippen molar-refractivity contribution in [3.8, 4) is 22.8 Å². The number of amides is 2. The lowest BCUT2D eigenvalue weighted by Crippen LogP contribution is -2.58. The van der Waals surface area contributed by atoms with E-state index in [9.17, 15) is 18.4 Å². The van der Waals surface area contributed by atoms with Gasteiger partial charge in [0.15, 0.2) is 0 Å². The number of aromatic nitrogens is 2. The first-order valence-electron chi connectivity index (χ1n) is 14.7. The van der Waals surface area contributed by atoms with Crippen LogP contribution in [0.2, 0.25) is 0 Å². The van der Waals surface area contributed by atoms with Crippen LogP contribution in [0, 0.1) is 5.82 Å². The molecule has 2 saturated heterocycles. The Labute approximate surface area is 249 Å². The van der Waals surface area contributed by atoms with Crippen molar-refractivity contribution in [2.75, 3.05) is 26.2 Å². The zero-order valence-electron chi connectivity index (χ0n) is 24.6. The van der Waals surface area contributed by atoms with Gasteiger partial charge in [-0.2, -0.15) is 10.2 Å². The number of alkyl halides is 2. The van der Waals surface area contributed by atoms with Gasteiger partial charge in [-0.15, -0.1) is 0 Å². The van der Waals surface area contributed by atoms with Crippen molar-refractivity contribution in [3.63, 3.8) is 0 Å². The molecule has 0 radical (unpaired) electrons. The zero-order chi connectivity index (χ0) is 30.7. The van der Waals surface area contributed by atoms with Crippen LogP contribution in [0.4, 0.5) is 13.2 Å². The molecule has 8 nitrogen and oxygen atoms in total. The van der Waals surface area contributed by atoms with E-state index in [2.05, 4.69) is 15.5 Å². The van der Waals surface area contributed by atoms with Gasteiger partial charge in [0.05, 0.1) is 29.5 Å². The molecule has 2 aromatic carbocycles. The van der Waals surface area contributed by atoms with Crippen LogP contribution in [-0.2, 0) is 11.3 Å². The van der Waals surface area contributed by atoms with Crippen LogP contribution >= 0.6 is 0 Å². The van der Waals surface area contributed by atoms with E-state index in [1.807, 2.05) is 26.0 Å². The molecule has 0 bridgehead atoms. The smallest absolute Gasteiger partial charge is 0.280 e. The molecule has 0 saturated carbocycles. The van der Waals surface area contributed by atoms with E-state index in [1.165, 1.54) is 6.07 Å². The summed E-state index contributed by atoms with van der Waals surface area (Å²) in [4.78, 5) is 28.6. The average molecular weight is 596 g/mol. The lowest BCUT2D eigenvalue weighted by molar-refractivity contribution is -0.128. The first-order valence-corrected chi connectivity index (χ1v) is 14.7. The first-order chi connectivity index (χ1) is 20.5. The number of nitrogens with zero attached hydrogens (tertiary/aromatic N) is 4. The Morgan fingerprint density at radius 3 is 2.49 bits per heavy atom. The Hall–Kier alpha value is -3.99. The Morgan fingerprint density at radius 1 is 1.12 bits per heavy atom. The molecule has 2 fully saturated rings. The lowest BCUT2D eigenvalue weighted by atomic mass is 9.99. The van der Waals surface area contributed by atoms with Gasteiger partial charge in [0, 0.05) is 37.2 Å². The highest BCUT2D eigenvalue weighted by atomic mass is 19.3. The van der Waals surface area contributed by atoms with Gasteiger partial charge in [-0.1, -0.05) is 20.8 Å². The second-order valence-corrected chi connectivity index (χ2v) is 11.4. The minimum Gasteiger partial charge on any atom is -0.457 e. The molecular formula is C32H36F3N5O3. The largest absolute Gasteiger partial charge is 0.457 e. The molecule has 0 unspecified atom stereocenters. The standard InChI is InChI=1S/C32H36F3N5O3/c1-4-39-15-13-29(32(34,35)19-39)36-31(42)24-17-28(22(16-25(24)33)18-40-14-5-6-30(40)41)43-23-9-7-21(8-10-23)27-12-11-26(20(2)3)37-38-27/h7-12,16-17,20,29H,4-6,13-15,18-19H2,1-3H3,(H,36,42)/t29-/m1/s1. The Kier molecular flexibility index (Phi) is 9.00. The summed E-state index contributed by atoms with van der Waals surface area (Å²) in [5.41, 5.74) is 2.35. The number of hydrogen-bond donors (Lipinski definition) is 1. The highest BCUT2D eigenvalue weighted by molar-refractivity contribution is 5.95. The maximum Gasteiger partial charge on any atom is 0.280 e. The summed E-state index contributed by atoms with van der Waals surface area (Å²) in [6.07, 6.45) is 1.15. The molecule has 11 heteroatoms. The number of likely N-dealkylation sites (tertiary alicyclic amines) is 2. The molecule has 2 aliphatic heterocycles. The van der Waals surface area contributed by atoms with E-state index in [4.69, 9.17) is 4.74 Å². The molecule has 5 rings (SSSR count). The zero-order valence-corrected chi connectivity index (χ0v) is 24.6. The van der Waals surface area contributed by atoms with Crippen LogP contribution in [0.15, 0.2) is 48.5 Å². The number of rotatable bonds is 9. The van der Waals surface area contributed by atoms with Crippen LogP contribution in [0.25, 0.3) is 11.3 Å². The fraction of sp³-hybridized carbons (Fsp3) is 0.438. The van der Waals surface area contributed by atoms with E-state index < -0.39 is 35.8 Å². The molecular weight excluding hydrogens is 559 g/mol. The summed E-state index contributed by atoms with van der Waals surface area (Å²) in [5, 5.41) is 10.9. The van der Waals surface area contributed by atoms with E-state index in [-0.39, 0.29) is 30.5 Å². The number of halogens is 3. The number of hydrogen-bond acceptors (Lipinski definition) is 6. The predicted octanol–water partition coefficient (Wildman–Crippen LogP) is 5.78. The Bertz CT molecular complexity index is 1460.